The number of aliphatic hydroxyl groups is 1. The summed E-state index contributed by atoms with van der Waals surface area (Å²) in [5, 5.41) is 8.78. The first-order valence-electron chi connectivity index (χ1n) is 6.75. The maximum atomic E-state index is 11.9. The fraction of sp³-hybridized carbons (Fsp3) is 0.533. The Morgan fingerprint density at radius 1 is 1.32 bits per heavy atom. The number of rotatable bonds is 8. The van der Waals surface area contributed by atoms with Gasteiger partial charge in [0.05, 0.1) is 13.0 Å². The molecule has 0 radical (unpaired) electrons. The summed E-state index contributed by atoms with van der Waals surface area (Å²) in [7, 11) is 0. The number of carbonyl (C=O) groups is 1. The topological polar surface area (TPSA) is 49.8 Å². The van der Waals surface area contributed by atoms with E-state index in [0.29, 0.717) is 32.5 Å². The summed E-state index contributed by atoms with van der Waals surface area (Å²) < 4.78 is 5.53. The highest BCUT2D eigenvalue weighted by Gasteiger charge is 2.10. The van der Waals surface area contributed by atoms with Crippen molar-refractivity contribution in [3.8, 4) is 5.75 Å². The maximum Gasteiger partial charge on any atom is 0.225 e. The zero-order valence-corrected chi connectivity index (χ0v) is 11.8. The van der Waals surface area contributed by atoms with Crippen LogP contribution in [0.5, 0.6) is 5.75 Å². The predicted molar refractivity (Wildman–Crippen MR) is 75.2 cm³/mol. The van der Waals surface area contributed by atoms with Gasteiger partial charge >= 0.3 is 0 Å². The summed E-state index contributed by atoms with van der Waals surface area (Å²) in [6.45, 7) is 5.74. The molecule has 4 nitrogen and oxygen atoms in total. The van der Waals surface area contributed by atoms with Gasteiger partial charge in [0, 0.05) is 19.7 Å². The molecule has 0 aliphatic heterocycles. The lowest BCUT2D eigenvalue weighted by Crippen LogP contribution is -2.33. The van der Waals surface area contributed by atoms with E-state index in [2.05, 4.69) is 0 Å². The lowest BCUT2D eigenvalue weighted by molar-refractivity contribution is -0.131. The first-order valence-corrected chi connectivity index (χ1v) is 6.75. The van der Waals surface area contributed by atoms with Crippen molar-refractivity contribution < 1.29 is 14.6 Å². The van der Waals surface area contributed by atoms with E-state index >= 15 is 0 Å². The molecular weight excluding hydrogens is 242 g/mol. The molecule has 0 heterocycles. The number of aliphatic hydroxyl groups excluding tert-OH is 1. The number of amides is 1. The molecule has 19 heavy (non-hydrogen) atoms. The number of ether oxygens (including phenoxy) is 1. The Morgan fingerprint density at radius 3 is 2.58 bits per heavy atom. The minimum atomic E-state index is 0.0723. The van der Waals surface area contributed by atoms with Gasteiger partial charge in [0.15, 0.2) is 0 Å². The SMILES string of the molecule is CCN(CCCO)C(=O)CCOc1ccc(C)cc1. The zero-order chi connectivity index (χ0) is 14.1. The molecule has 0 aliphatic carbocycles. The van der Waals surface area contributed by atoms with E-state index in [0.717, 1.165) is 5.75 Å². The van der Waals surface area contributed by atoms with Gasteiger partial charge in [-0.2, -0.15) is 0 Å². The summed E-state index contributed by atoms with van der Waals surface area (Å²) >= 11 is 0. The second-order valence-electron chi connectivity index (χ2n) is 4.46. The van der Waals surface area contributed by atoms with Crippen molar-refractivity contribution in [2.45, 2.75) is 26.7 Å². The molecule has 4 heteroatoms. The Morgan fingerprint density at radius 2 is 2.00 bits per heavy atom. The van der Waals surface area contributed by atoms with Gasteiger partial charge in [0.25, 0.3) is 0 Å². The van der Waals surface area contributed by atoms with Gasteiger partial charge in [-0.25, -0.2) is 0 Å². The lowest BCUT2D eigenvalue weighted by Gasteiger charge is -2.20. The van der Waals surface area contributed by atoms with E-state index in [4.69, 9.17) is 9.84 Å². The van der Waals surface area contributed by atoms with E-state index < -0.39 is 0 Å². The van der Waals surface area contributed by atoms with Crippen molar-refractivity contribution in [2.24, 2.45) is 0 Å². The number of carbonyl (C=O) groups excluding carboxylic acids is 1. The van der Waals surface area contributed by atoms with Gasteiger partial charge in [0.1, 0.15) is 5.75 Å². The third-order valence-electron chi connectivity index (χ3n) is 2.93. The number of hydrogen-bond donors (Lipinski definition) is 1. The van der Waals surface area contributed by atoms with Gasteiger partial charge in [-0.3, -0.25) is 4.79 Å². The smallest absolute Gasteiger partial charge is 0.225 e. The van der Waals surface area contributed by atoms with Crippen molar-refractivity contribution in [1.29, 1.82) is 0 Å². The van der Waals surface area contributed by atoms with E-state index in [-0.39, 0.29) is 12.5 Å². The van der Waals surface area contributed by atoms with Crippen LogP contribution in [-0.4, -0.2) is 42.2 Å². The number of benzene rings is 1. The number of nitrogens with zero attached hydrogens (tertiary/aromatic N) is 1. The molecule has 0 aliphatic rings. The second-order valence-corrected chi connectivity index (χ2v) is 4.46. The van der Waals surface area contributed by atoms with E-state index in [1.807, 2.05) is 38.1 Å². The van der Waals surface area contributed by atoms with E-state index in [1.165, 1.54) is 5.56 Å². The van der Waals surface area contributed by atoms with Gasteiger partial charge in [-0.15, -0.1) is 0 Å². The van der Waals surface area contributed by atoms with Crippen LogP contribution in [0.15, 0.2) is 24.3 Å². The Labute approximate surface area is 115 Å². The monoisotopic (exact) mass is 265 g/mol. The molecule has 0 saturated carbocycles. The Balaban J connectivity index is 2.31. The molecule has 0 aromatic heterocycles. The van der Waals surface area contributed by atoms with Crippen LogP contribution in [0.2, 0.25) is 0 Å². The van der Waals surface area contributed by atoms with Crippen molar-refractivity contribution in [1.82, 2.24) is 4.90 Å². The highest BCUT2D eigenvalue weighted by molar-refractivity contribution is 5.76. The number of hydrogen-bond acceptors (Lipinski definition) is 3. The van der Waals surface area contributed by atoms with E-state index in [1.54, 1.807) is 4.90 Å². The van der Waals surface area contributed by atoms with Crippen LogP contribution in [0.1, 0.15) is 25.3 Å². The molecule has 0 saturated heterocycles. The van der Waals surface area contributed by atoms with Crippen LogP contribution in [-0.2, 0) is 4.79 Å². The molecule has 0 bridgehead atoms. The first kappa shape index (κ1) is 15.5. The maximum absolute atomic E-state index is 11.9. The van der Waals surface area contributed by atoms with Crippen LogP contribution in [0.25, 0.3) is 0 Å². The fourth-order valence-electron chi connectivity index (χ4n) is 1.77. The molecule has 0 fully saturated rings. The van der Waals surface area contributed by atoms with Crippen molar-refractivity contribution in [2.75, 3.05) is 26.3 Å². The predicted octanol–water partition coefficient (Wildman–Crippen LogP) is 1.99. The Kier molecular flexibility index (Phi) is 6.97. The van der Waals surface area contributed by atoms with Crippen LogP contribution in [0, 0.1) is 6.92 Å². The van der Waals surface area contributed by atoms with Gasteiger partial charge in [-0.05, 0) is 32.4 Å². The third-order valence-corrected chi connectivity index (χ3v) is 2.93. The van der Waals surface area contributed by atoms with Gasteiger partial charge < -0.3 is 14.7 Å². The van der Waals surface area contributed by atoms with Crippen molar-refractivity contribution in [3.63, 3.8) is 0 Å². The molecule has 0 atom stereocenters. The molecule has 1 rings (SSSR count). The zero-order valence-electron chi connectivity index (χ0n) is 11.8. The number of aryl methyl sites for hydroxylation is 1. The first-order chi connectivity index (χ1) is 9.17. The fourth-order valence-corrected chi connectivity index (χ4v) is 1.77. The minimum Gasteiger partial charge on any atom is -0.493 e. The van der Waals surface area contributed by atoms with Crippen LogP contribution >= 0.6 is 0 Å². The lowest BCUT2D eigenvalue weighted by atomic mass is 10.2. The summed E-state index contributed by atoms with van der Waals surface area (Å²) in [6.07, 6.45) is 0.992. The summed E-state index contributed by atoms with van der Waals surface area (Å²) in [5.41, 5.74) is 1.18. The van der Waals surface area contributed by atoms with Crippen molar-refractivity contribution >= 4 is 5.91 Å². The average molecular weight is 265 g/mol. The molecule has 1 aromatic rings. The molecule has 1 aromatic carbocycles. The Hall–Kier alpha value is -1.55. The van der Waals surface area contributed by atoms with Gasteiger partial charge in [-0.1, -0.05) is 17.7 Å². The standard InChI is InChI=1S/C15H23NO3/c1-3-16(10-4-11-17)15(18)9-12-19-14-7-5-13(2)6-8-14/h5-8,17H,3-4,9-12H2,1-2H3. The minimum absolute atomic E-state index is 0.0723. The Bertz CT molecular complexity index is 375. The average Bonchev–Trinajstić information content (AvgIpc) is 2.42. The summed E-state index contributed by atoms with van der Waals surface area (Å²) in [4.78, 5) is 13.6. The molecule has 106 valence electrons. The quantitative estimate of drug-likeness (QED) is 0.782. The van der Waals surface area contributed by atoms with E-state index in [9.17, 15) is 4.79 Å². The second kappa shape index (κ2) is 8.53. The molecular formula is C15H23NO3. The van der Waals surface area contributed by atoms with Crippen LogP contribution in [0.4, 0.5) is 0 Å². The normalized spacial score (nSPS) is 10.3. The molecule has 1 amide bonds. The molecule has 0 unspecified atom stereocenters. The molecule has 0 spiro atoms. The highest BCUT2D eigenvalue weighted by Crippen LogP contribution is 2.11. The summed E-state index contributed by atoms with van der Waals surface area (Å²) in [6, 6.07) is 7.78. The van der Waals surface area contributed by atoms with Crippen LogP contribution < -0.4 is 4.74 Å². The van der Waals surface area contributed by atoms with Crippen molar-refractivity contribution in [3.05, 3.63) is 29.8 Å². The van der Waals surface area contributed by atoms with Gasteiger partial charge in [0.2, 0.25) is 5.91 Å². The van der Waals surface area contributed by atoms with Crippen LogP contribution in [0.3, 0.4) is 0 Å². The highest BCUT2D eigenvalue weighted by atomic mass is 16.5. The largest absolute Gasteiger partial charge is 0.493 e. The summed E-state index contributed by atoms with van der Waals surface area (Å²) in [5.74, 6) is 0.861. The molecule has 1 N–H and O–H groups in total. The third kappa shape index (κ3) is 5.75.